The molecule has 2 aromatic carbocycles. The maximum atomic E-state index is 13.8. The highest BCUT2D eigenvalue weighted by Gasteiger charge is 2.31. The number of fused-ring (bicyclic) bond motifs is 3. The maximum Gasteiger partial charge on any atom is 0.231 e. The molecule has 2 aliphatic heterocycles. The summed E-state index contributed by atoms with van der Waals surface area (Å²) in [5.41, 5.74) is 3.77. The van der Waals surface area contributed by atoms with Gasteiger partial charge in [0.25, 0.3) is 0 Å². The Bertz CT molecular complexity index is 1190. The Hall–Kier alpha value is -3.61. The molecule has 2 aliphatic rings. The number of carbonyl (C=O) groups excluding carboxylic acids is 1. The molecule has 0 radical (unpaired) electrons. The highest BCUT2D eigenvalue weighted by atomic mass is 16.7. The number of hydrogen-bond donors (Lipinski definition) is 1. The Kier molecular flexibility index (Phi) is 4.31. The second kappa shape index (κ2) is 7.02. The number of nitrogens with one attached hydrogen (secondary N) is 1. The molecule has 7 heteroatoms. The number of Topliss-reactive ketones (excluding diaryl/α,β-unsaturated/α-hetero) is 1. The predicted octanol–water partition coefficient (Wildman–Crippen LogP) is 3.63. The highest BCUT2D eigenvalue weighted by molar-refractivity contribution is 6.33. The SMILES string of the molecule is COc1ccc2c(C(=O)C3=CN(C)CCc4cc5c(c(OC)c43)OCO5)c[nH]c2c1. The molecule has 3 aromatic rings. The van der Waals surface area contributed by atoms with Crippen molar-refractivity contribution in [1.29, 1.82) is 0 Å². The van der Waals surface area contributed by atoms with Gasteiger partial charge < -0.3 is 28.8 Å². The van der Waals surface area contributed by atoms with E-state index in [9.17, 15) is 4.79 Å². The lowest BCUT2D eigenvalue weighted by Crippen LogP contribution is -2.13. The van der Waals surface area contributed by atoms with Crippen molar-refractivity contribution < 1.29 is 23.7 Å². The Morgan fingerprint density at radius 2 is 2.03 bits per heavy atom. The number of benzene rings is 2. The van der Waals surface area contributed by atoms with Gasteiger partial charge in [0.15, 0.2) is 17.3 Å². The molecule has 0 fully saturated rings. The summed E-state index contributed by atoms with van der Waals surface area (Å²) in [4.78, 5) is 19.0. The van der Waals surface area contributed by atoms with Crippen LogP contribution in [-0.2, 0) is 6.42 Å². The fraction of sp³-hybridized carbons (Fsp3) is 0.261. The van der Waals surface area contributed by atoms with E-state index in [-0.39, 0.29) is 12.6 Å². The summed E-state index contributed by atoms with van der Waals surface area (Å²) in [5, 5.41) is 0.842. The molecule has 3 heterocycles. The van der Waals surface area contributed by atoms with Crippen LogP contribution < -0.4 is 18.9 Å². The third-order valence-corrected chi connectivity index (χ3v) is 5.64. The van der Waals surface area contributed by atoms with Crippen LogP contribution in [0.25, 0.3) is 16.5 Å². The highest BCUT2D eigenvalue weighted by Crippen LogP contribution is 2.48. The van der Waals surface area contributed by atoms with Gasteiger partial charge in [0.05, 0.1) is 14.2 Å². The van der Waals surface area contributed by atoms with E-state index in [2.05, 4.69) is 4.98 Å². The van der Waals surface area contributed by atoms with Gasteiger partial charge in [0.2, 0.25) is 12.5 Å². The monoisotopic (exact) mass is 406 g/mol. The Morgan fingerprint density at radius 3 is 2.83 bits per heavy atom. The molecule has 30 heavy (non-hydrogen) atoms. The number of H-pyrrole nitrogens is 1. The van der Waals surface area contributed by atoms with Crippen molar-refractivity contribution in [2.75, 3.05) is 34.6 Å². The lowest BCUT2D eigenvalue weighted by Gasteiger charge is -2.16. The number of hydrogen-bond acceptors (Lipinski definition) is 6. The Balaban J connectivity index is 1.69. The number of nitrogens with zero attached hydrogens (tertiary/aromatic N) is 1. The van der Waals surface area contributed by atoms with Gasteiger partial charge in [-0.1, -0.05) is 0 Å². The first-order chi connectivity index (χ1) is 14.6. The zero-order valence-corrected chi connectivity index (χ0v) is 17.1. The third-order valence-electron chi connectivity index (χ3n) is 5.64. The minimum absolute atomic E-state index is 0.0846. The number of ether oxygens (including phenoxy) is 4. The van der Waals surface area contributed by atoms with Crippen LogP contribution in [0, 0.1) is 0 Å². The molecule has 0 saturated heterocycles. The summed E-state index contributed by atoms with van der Waals surface area (Å²) in [7, 11) is 5.18. The summed E-state index contributed by atoms with van der Waals surface area (Å²) in [6, 6.07) is 7.59. The average molecular weight is 406 g/mol. The third kappa shape index (κ3) is 2.77. The molecule has 0 unspecified atom stereocenters. The predicted molar refractivity (Wildman–Crippen MR) is 113 cm³/mol. The van der Waals surface area contributed by atoms with Crippen LogP contribution >= 0.6 is 0 Å². The number of aromatic amines is 1. The number of aromatic nitrogens is 1. The fourth-order valence-corrected chi connectivity index (χ4v) is 4.13. The summed E-state index contributed by atoms with van der Waals surface area (Å²) in [5.74, 6) is 2.38. The molecule has 7 nitrogen and oxygen atoms in total. The van der Waals surface area contributed by atoms with Crippen molar-refractivity contribution in [1.82, 2.24) is 9.88 Å². The van der Waals surface area contributed by atoms with Crippen molar-refractivity contribution in [3.63, 3.8) is 0 Å². The summed E-state index contributed by atoms with van der Waals surface area (Å²) in [6.07, 6.45) is 4.40. The van der Waals surface area contributed by atoms with Gasteiger partial charge in [-0.15, -0.1) is 0 Å². The molecule has 0 amide bonds. The molecule has 0 atom stereocenters. The van der Waals surface area contributed by atoms with Crippen molar-refractivity contribution in [2.45, 2.75) is 6.42 Å². The lowest BCUT2D eigenvalue weighted by molar-refractivity contribution is 0.105. The first-order valence-electron chi connectivity index (χ1n) is 9.72. The standard InChI is InChI=1S/C23H22N2O5/c1-25-7-6-13-8-19-22(30-12-29-19)23(28-3)20(13)17(11-25)21(26)16-10-24-18-9-14(27-2)4-5-15(16)18/h4-5,8-11,24H,6-7,12H2,1-3H3. The van der Waals surface area contributed by atoms with E-state index in [0.29, 0.717) is 28.4 Å². The lowest BCUT2D eigenvalue weighted by atomic mass is 9.91. The average Bonchev–Trinajstić information content (AvgIpc) is 3.36. The minimum Gasteiger partial charge on any atom is -0.497 e. The first-order valence-corrected chi connectivity index (χ1v) is 9.72. The van der Waals surface area contributed by atoms with Crippen molar-refractivity contribution in [2.24, 2.45) is 0 Å². The van der Waals surface area contributed by atoms with Crippen LogP contribution in [0.2, 0.25) is 0 Å². The van der Waals surface area contributed by atoms with Gasteiger partial charge in [-0.3, -0.25) is 4.79 Å². The van der Waals surface area contributed by atoms with E-state index in [1.807, 2.05) is 42.4 Å². The number of methoxy groups -OCH3 is 2. The minimum atomic E-state index is -0.0846. The van der Waals surface area contributed by atoms with Gasteiger partial charge in [-0.25, -0.2) is 0 Å². The van der Waals surface area contributed by atoms with Gasteiger partial charge in [0, 0.05) is 59.7 Å². The molecular weight excluding hydrogens is 384 g/mol. The summed E-state index contributed by atoms with van der Waals surface area (Å²) >= 11 is 0. The van der Waals surface area contributed by atoms with Crippen molar-refractivity contribution >= 4 is 22.3 Å². The maximum absolute atomic E-state index is 13.8. The van der Waals surface area contributed by atoms with Crippen LogP contribution in [0.4, 0.5) is 0 Å². The van der Waals surface area contributed by atoms with Gasteiger partial charge in [-0.05, 0) is 30.2 Å². The molecule has 5 rings (SSSR count). The first kappa shape index (κ1) is 18.4. The van der Waals surface area contributed by atoms with Crippen LogP contribution in [0.5, 0.6) is 23.0 Å². The van der Waals surface area contributed by atoms with Crippen molar-refractivity contribution in [3.8, 4) is 23.0 Å². The van der Waals surface area contributed by atoms with E-state index in [4.69, 9.17) is 18.9 Å². The quantitative estimate of drug-likeness (QED) is 0.667. The summed E-state index contributed by atoms with van der Waals surface area (Å²) in [6.45, 7) is 0.920. The molecule has 0 aliphatic carbocycles. The zero-order chi connectivity index (χ0) is 20.8. The molecule has 1 N–H and O–H groups in total. The molecule has 0 bridgehead atoms. The van der Waals surface area contributed by atoms with Crippen LogP contribution in [0.15, 0.2) is 36.7 Å². The second-order valence-electron chi connectivity index (χ2n) is 7.39. The fourth-order valence-electron chi connectivity index (χ4n) is 4.13. The topological polar surface area (TPSA) is 73.0 Å². The molecule has 0 saturated carbocycles. The number of likely N-dealkylation sites (N-methyl/N-ethyl adjacent to an activating group) is 1. The van der Waals surface area contributed by atoms with Gasteiger partial charge >= 0.3 is 0 Å². The summed E-state index contributed by atoms with van der Waals surface area (Å²) < 4.78 is 22.2. The van der Waals surface area contributed by atoms with E-state index < -0.39 is 0 Å². The zero-order valence-electron chi connectivity index (χ0n) is 17.1. The number of allylic oxidation sites excluding steroid dienone is 1. The van der Waals surface area contributed by atoms with Crippen LogP contribution in [0.1, 0.15) is 21.5 Å². The normalized spacial score (nSPS) is 14.9. The van der Waals surface area contributed by atoms with E-state index in [1.165, 1.54) is 0 Å². The van der Waals surface area contributed by atoms with Crippen molar-refractivity contribution in [3.05, 3.63) is 53.4 Å². The molecule has 154 valence electrons. The smallest absolute Gasteiger partial charge is 0.231 e. The second-order valence-corrected chi connectivity index (χ2v) is 7.39. The largest absolute Gasteiger partial charge is 0.497 e. The molecule has 1 aromatic heterocycles. The Morgan fingerprint density at radius 1 is 1.17 bits per heavy atom. The van der Waals surface area contributed by atoms with Gasteiger partial charge in [-0.2, -0.15) is 0 Å². The number of ketones is 1. The molecule has 0 spiro atoms. The molecular formula is C23H22N2O5. The van der Waals surface area contributed by atoms with E-state index >= 15 is 0 Å². The Labute approximate surface area is 173 Å². The van der Waals surface area contributed by atoms with Crippen LogP contribution in [0.3, 0.4) is 0 Å². The number of rotatable bonds is 4. The van der Waals surface area contributed by atoms with E-state index in [0.717, 1.165) is 40.7 Å². The number of carbonyl (C=O) groups is 1. The van der Waals surface area contributed by atoms with Gasteiger partial charge in [0.1, 0.15) is 5.75 Å². The van der Waals surface area contributed by atoms with Crippen LogP contribution in [-0.4, -0.2) is 50.3 Å². The van der Waals surface area contributed by atoms with E-state index in [1.54, 1.807) is 20.4 Å².